The number of carbonyl (C=O) groups excluding carboxylic acids is 2. The molecule has 0 saturated carbocycles. The topological polar surface area (TPSA) is 49.4 Å². The van der Waals surface area contributed by atoms with Crippen LogP contribution in [0.1, 0.15) is 42.0 Å². The first kappa shape index (κ1) is 27.8. The van der Waals surface area contributed by atoms with Gasteiger partial charge in [-0.05, 0) is 36.1 Å². The molecule has 0 bridgehead atoms. The van der Waals surface area contributed by atoms with E-state index in [0.717, 1.165) is 35.1 Å². The van der Waals surface area contributed by atoms with Crippen LogP contribution in [-0.4, -0.2) is 35.1 Å². The molecule has 0 heterocycles. The quantitative estimate of drug-likeness (QED) is 0.263. The van der Waals surface area contributed by atoms with Crippen LogP contribution in [0.2, 0.25) is 5.02 Å². The molecule has 2 amide bonds. The van der Waals surface area contributed by atoms with Crippen molar-refractivity contribution in [3.05, 3.63) is 106 Å². The maximum atomic E-state index is 13.7. The molecule has 0 aliphatic carbocycles. The lowest BCUT2D eigenvalue weighted by molar-refractivity contribution is -0.139. The molecule has 1 N–H and O–H groups in total. The highest BCUT2D eigenvalue weighted by Gasteiger charge is 2.30. The molecule has 1 atom stereocenters. The fourth-order valence-electron chi connectivity index (χ4n) is 4.01. The molecule has 0 unspecified atom stereocenters. The summed E-state index contributed by atoms with van der Waals surface area (Å²) in [6.07, 6.45) is 2.36. The van der Waals surface area contributed by atoms with Crippen molar-refractivity contribution in [3.8, 4) is 0 Å². The fraction of sp³-hybridized carbons (Fsp3) is 0.333. The third-order valence-electron chi connectivity index (χ3n) is 5.98. The average Bonchev–Trinajstić information content (AvgIpc) is 2.88. The number of nitrogens with one attached hydrogen (secondary N) is 1. The molecule has 0 aliphatic rings. The lowest BCUT2D eigenvalue weighted by atomic mass is 10.0. The van der Waals surface area contributed by atoms with E-state index in [1.54, 1.807) is 4.90 Å². The van der Waals surface area contributed by atoms with Gasteiger partial charge in [-0.1, -0.05) is 103 Å². The molecule has 0 fully saturated rings. The van der Waals surface area contributed by atoms with Crippen LogP contribution in [0.5, 0.6) is 0 Å². The van der Waals surface area contributed by atoms with Gasteiger partial charge in [0.2, 0.25) is 11.8 Å². The van der Waals surface area contributed by atoms with Crippen molar-refractivity contribution in [3.63, 3.8) is 0 Å². The van der Waals surface area contributed by atoms with Gasteiger partial charge in [-0.15, -0.1) is 11.8 Å². The molecular weight excluding hydrogens is 488 g/mol. The molecule has 0 aromatic heterocycles. The Morgan fingerprint density at radius 3 is 2.42 bits per heavy atom. The van der Waals surface area contributed by atoms with Crippen molar-refractivity contribution in [2.75, 3.05) is 12.3 Å². The molecule has 0 aliphatic heterocycles. The van der Waals surface area contributed by atoms with E-state index in [9.17, 15) is 9.59 Å². The average molecular weight is 523 g/mol. The summed E-state index contributed by atoms with van der Waals surface area (Å²) >= 11 is 7.83. The van der Waals surface area contributed by atoms with Gasteiger partial charge in [0.15, 0.2) is 0 Å². The van der Waals surface area contributed by atoms with E-state index >= 15 is 0 Å². The normalized spacial score (nSPS) is 11.6. The van der Waals surface area contributed by atoms with Crippen LogP contribution in [-0.2, 0) is 28.3 Å². The molecule has 6 heteroatoms. The number of nitrogens with zero attached hydrogens (tertiary/aromatic N) is 1. The summed E-state index contributed by atoms with van der Waals surface area (Å²) in [4.78, 5) is 28.9. The van der Waals surface area contributed by atoms with Crippen LogP contribution in [0.3, 0.4) is 0 Å². The Hall–Kier alpha value is -2.76. The van der Waals surface area contributed by atoms with Crippen molar-refractivity contribution in [2.24, 2.45) is 0 Å². The van der Waals surface area contributed by atoms with Crippen molar-refractivity contribution in [1.29, 1.82) is 0 Å². The lowest BCUT2D eigenvalue weighted by Crippen LogP contribution is -2.51. The highest BCUT2D eigenvalue weighted by molar-refractivity contribution is 7.99. The van der Waals surface area contributed by atoms with E-state index in [2.05, 4.69) is 18.3 Å². The number of carbonyl (C=O) groups is 2. The van der Waals surface area contributed by atoms with Crippen LogP contribution in [0.15, 0.2) is 78.9 Å². The number of hydrogen-bond donors (Lipinski definition) is 1. The molecule has 4 nitrogen and oxygen atoms in total. The number of unbranched alkanes of at least 4 members (excludes halogenated alkanes) is 1. The van der Waals surface area contributed by atoms with Crippen LogP contribution >= 0.6 is 23.4 Å². The second kappa shape index (κ2) is 14.7. The molecule has 0 radical (unpaired) electrons. The number of amides is 2. The van der Waals surface area contributed by atoms with E-state index in [-0.39, 0.29) is 17.6 Å². The summed E-state index contributed by atoms with van der Waals surface area (Å²) in [6, 6.07) is 25.1. The number of aryl methyl sites for hydroxylation is 1. The summed E-state index contributed by atoms with van der Waals surface area (Å²) in [5.74, 6) is 0.741. The van der Waals surface area contributed by atoms with Gasteiger partial charge in [0.25, 0.3) is 0 Å². The van der Waals surface area contributed by atoms with E-state index in [0.29, 0.717) is 30.3 Å². The van der Waals surface area contributed by atoms with Crippen LogP contribution in [0.4, 0.5) is 0 Å². The maximum absolute atomic E-state index is 13.7. The second-order valence-corrected chi connectivity index (χ2v) is 10.3. The third kappa shape index (κ3) is 8.72. The molecule has 190 valence electrons. The van der Waals surface area contributed by atoms with Gasteiger partial charge in [-0.2, -0.15) is 0 Å². The summed E-state index contributed by atoms with van der Waals surface area (Å²) in [5.41, 5.74) is 4.16. The lowest BCUT2D eigenvalue weighted by Gasteiger charge is -2.31. The van der Waals surface area contributed by atoms with Gasteiger partial charge in [-0.3, -0.25) is 9.59 Å². The molecule has 36 heavy (non-hydrogen) atoms. The van der Waals surface area contributed by atoms with Gasteiger partial charge >= 0.3 is 0 Å². The molecule has 0 spiro atoms. The number of halogens is 1. The second-order valence-electron chi connectivity index (χ2n) is 8.95. The Labute approximate surface area is 224 Å². The largest absolute Gasteiger partial charge is 0.354 e. The SMILES string of the molecule is CCCCNC(=O)[C@@H](Cc1ccccc1)N(Cc1cccc(C)c1)C(=O)CSCc1ccccc1Cl. The minimum Gasteiger partial charge on any atom is -0.354 e. The molecule has 3 rings (SSSR count). The minimum absolute atomic E-state index is 0.0554. The fourth-order valence-corrected chi connectivity index (χ4v) is 5.21. The zero-order valence-corrected chi connectivity index (χ0v) is 22.7. The predicted octanol–water partition coefficient (Wildman–Crippen LogP) is 6.44. The van der Waals surface area contributed by atoms with Gasteiger partial charge in [-0.25, -0.2) is 0 Å². The van der Waals surface area contributed by atoms with E-state index in [1.165, 1.54) is 11.8 Å². The van der Waals surface area contributed by atoms with E-state index in [1.807, 2.05) is 79.7 Å². The standard InChI is InChI=1S/C30H35ClN2O2S/c1-3-4-17-32-30(35)28(19-24-12-6-5-7-13-24)33(20-25-14-10-11-23(2)18-25)29(34)22-36-21-26-15-8-9-16-27(26)31/h5-16,18,28H,3-4,17,19-22H2,1-2H3,(H,32,35)/t28-/m1/s1. The summed E-state index contributed by atoms with van der Waals surface area (Å²) in [7, 11) is 0. The molecule has 3 aromatic carbocycles. The number of hydrogen-bond acceptors (Lipinski definition) is 3. The molecule has 3 aromatic rings. The van der Waals surface area contributed by atoms with Crippen molar-refractivity contribution >= 4 is 35.2 Å². The highest BCUT2D eigenvalue weighted by atomic mass is 35.5. The van der Waals surface area contributed by atoms with E-state index < -0.39 is 6.04 Å². The Bertz CT molecular complexity index is 1120. The van der Waals surface area contributed by atoms with Crippen molar-refractivity contribution in [2.45, 2.75) is 51.4 Å². The monoisotopic (exact) mass is 522 g/mol. The van der Waals surface area contributed by atoms with Crippen LogP contribution < -0.4 is 5.32 Å². The number of thioether (sulfide) groups is 1. The molecular formula is C30H35ClN2O2S. The Kier molecular flexibility index (Phi) is 11.4. The van der Waals surface area contributed by atoms with Gasteiger partial charge in [0, 0.05) is 30.3 Å². The predicted molar refractivity (Wildman–Crippen MR) is 151 cm³/mol. The van der Waals surface area contributed by atoms with Gasteiger partial charge < -0.3 is 10.2 Å². The first-order valence-corrected chi connectivity index (χ1v) is 14.0. The number of benzene rings is 3. The zero-order valence-electron chi connectivity index (χ0n) is 21.1. The van der Waals surface area contributed by atoms with Crippen LogP contribution in [0.25, 0.3) is 0 Å². The van der Waals surface area contributed by atoms with Gasteiger partial charge in [0.05, 0.1) is 5.75 Å². The number of rotatable bonds is 13. The zero-order chi connectivity index (χ0) is 25.8. The van der Waals surface area contributed by atoms with Crippen LogP contribution in [0, 0.1) is 6.92 Å². The first-order valence-electron chi connectivity index (χ1n) is 12.5. The molecule has 0 saturated heterocycles. The smallest absolute Gasteiger partial charge is 0.243 e. The van der Waals surface area contributed by atoms with E-state index in [4.69, 9.17) is 11.6 Å². The van der Waals surface area contributed by atoms with Gasteiger partial charge in [0.1, 0.15) is 6.04 Å². The highest BCUT2D eigenvalue weighted by Crippen LogP contribution is 2.22. The maximum Gasteiger partial charge on any atom is 0.243 e. The Morgan fingerprint density at radius 2 is 1.69 bits per heavy atom. The summed E-state index contributed by atoms with van der Waals surface area (Å²) < 4.78 is 0. The van der Waals surface area contributed by atoms with Crippen molar-refractivity contribution < 1.29 is 9.59 Å². The first-order chi connectivity index (χ1) is 17.5. The third-order valence-corrected chi connectivity index (χ3v) is 7.31. The van der Waals surface area contributed by atoms with Crippen molar-refractivity contribution in [1.82, 2.24) is 10.2 Å². The summed E-state index contributed by atoms with van der Waals surface area (Å²) in [5, 5.41) is 3.77. The summed E-state index contributed by atoms with van der Waals surface area (Å²) in [6.45, 7) is 5.12. The Balaban J connectivity index is 1.84. The minimum atomic E-state index is -0.599. The Morgan fingerprint density at radius 1 is 0.972 bits per heavy atom.